The SMILES string of the molecule is CC1CCC(C(C)C)C(OC(CI)c2cccc(Br)c2)C1. The molecule has 4 atom stereocenters. The fourth-order valence-corrected chi connectivity index (χ4v) is 4.53. The summed E-state index contributed by atoms with van der Waals surface area (Å²) in [7, 11) is 0. The van der Waals surface area contributed by atoms with E-state index < -0.39 is 0 Å². The maximum atomic E-state index is 6.60. The van der Waals surface area contributed by atoms with Crippen LogP contribution in [0.5, 0.6) is 0 Å². The van der Waals surface area contributed by atoms with E-state index in [9.17, 15) is 0 Å². The normalized spacial score (nSPS) is 27.8. The fourth-order valence-electron chi connectivity index (χ4n) is 3.39. The second-order valence-electron chi connectivity index (χ2n) is 6.70. The average molecular weight is 465 g/mol. The lowest BCUT2D eigenvalue weighted by molar-refractivity contribution is -0.0727. The Balaban J connectivity index is 2.11. The molecule has 0 aliphatic heterocycles. The third-order valence-electron chi connectivity index (χ3n) is 4.66. The minimum absolute atomic E-state index is 0.208. The van der Waals surface area contributed by atoms with Crippen molar-refractivity contribution in [2.24, 2.45) is 17.8 Å². The van der Waals surface area contributed by atoms with Crippen molar-refractivity contribution in [2.75, 3.05) is 4.43 Å². The first kappa shape index (κ1) is 17.7. The van der Waals surface area contributed by atoms with Gasteiger partial charge in [-0.3, -0.25) is 0 Å². The molecule has 1 fully saturated rings. The first-order valence-corrected chi connectivity index (χ1v) is 10.3. The van der Waals surface area contributed by atoms with Crippen LogP contribution in [0.1, 0.15) is 51.7 Å². The van der Waals surface area contributed by atoms with E-state index in [1.165, 1.54) is 24.8 Å². The Hall–Kier alpha value is 0.390. The van der Waals surface area contributed by atoms with Gasteiger partial charge in [0.2, 0.25) is 0 Å². The molecule has 0 saturated heterocycles. The third kappa shape index (κ3) is 4.93. The lowest BCUT2D eigenvalue weighted by Gasteiger charge is -2.39. The van der Waals surface area contributed by atoms with Crippen molar-refractivity contribution in [1.29, 1.82) is 0 Å². The Kier molecular flexibility index (Phi) is 7.01. The lowest BCUT2D eigenvalue weighted by Crippen LogP contribution is -2.35. The van der Waals surface area contributed by atoms with Crippen molar-refractivity contribution in [3.8, 4) is 0 Å². The van der Waals surface area contributed by atoms with Crippen LogP contribution < -0.4 is 0 Å². The number of alkyl halides is 1. The molecule has 0 heterocycles. The van der Waals surface area contributed by atoms with Gasteiger partial charge in [0.1, 0.15) is 0 Å². The monoisotopic (exact) mass is 464 g/mol. The van der Waals surface area contributed by atoms with E-state index in [0.717, 1.165) is 14.8 Å². The number of benzene rings is 1. The van der Waals surface area contributed by atoms with Gasteiger partial charge < -0.3 is 4.74 Å². The molecular formula is C18H26BrIO. The van der Waals surface area contributed by atoms with Crippen molar-refractivity contribution < 1.29 is 4.74 Å². The number of ether oxygens (including phenoxy) is 1. The predicted octanol–water partition coefficient (Wildman–Crippen LogP) is 6.40. The van der Waals surface area contributed by atoms with E-state index in [4.69, 9.17) is 4.74 Å². The van der Waals surface area contributed by atoms with Gasteiger partial charge >= 0.3 is 0 Å². The first-order valence-electron chi connectivity index (χ1n) is 7.98. The molecule has 0 spiro atoms. The second kappa shape index (κ2) is 8.30. The maximum Gasteiger partial charge on any atom is 0.0918 e. The molecule has 3 heteroatoms. The lowest BCUT2D eigenvalue weighted by atomic mass is 9.75. The third-order valence-corrected chi connectivity index (χ3v) is 5.95. The first-order chi connectivity index (χ1) is 10.0. The van der Waals surface area contributed by atoms with Crippen LogP contribution in [0, 0.1) is 17.8 Å². The van der Waals surface area contributed by atoms with Gasteiger partial charge in [0.25, 0.3) is 0 Å². The summed E-state index contributed by atoms with van der Waals surface area (Å²) in [6, 6.07) is 8.56. The molecule has 0 bridgehead atoms. The number of hydrogen-bond donors (Lipinski definition) is 0. The molecule has 1 aliphatic rings. The van der Waals surface area contributed by atoms with Gasteiger partial charge in [-0.15, -0.1) is 0 Å². The van der Waals surface area contributed by atoms with Gasteiger partial charge in [0.05, 0.1) is 12.2 Å². The highest BCUT2D eigenvalue weighted by molar-refractivity contribution is 14.1. The summed E-state index contributed by atoms with van der Waals surface area (Å²) in [5.41, 5.74) is 1.29. The summed E-state index contributed by atoms with van der Waals surface area (Å²) in [6.45, 7) is 7.05. The molecule has 1 nitrogen and oxygen atoms in total. The fraction of sp³-hybridized carbons (Fsp3) is 0.667. The highest BCUT2D eigenvalue weighted by atomic mass is 127. The summed E-state index contributed by atoms with van der Waals surface area (Å²) >= 11 is 6.02. The van der Waals surface area contributed by atoms with Crippen LogP contribution in [0.4, 0.5) is 0 Å². The van der Waals surface area contributed by atoms with E-state index in [-0.39, 0.29) is 6.10 Å². The van der Waals surface area contributed by atoms with Gasteiger partial charge in [-0.2, -0.15) is 0 Å². The molecule has 0 amide bonds. The Labute approximate surface area is 151 Å². The van der Waals surface area contributed by atoms with Crippen LogP contribution in [-0.4, -0.2) is 10.5 Å². The zero-order chi connectivity index (χ0) is 15.4. The Morgan fingerprint density at radius 3 is 2.71 bits per heavy atom. The zero-order valence-corrected chi connectivity index (χ0v) is 16.9. The molecule has 1 aromatic rings. The van der Waals surface area contributed by atoms with Crippen LogP contribution in [-0.2, 0) is 4.74 Å². The zero-order valence-electron chi connectivity index (χ0n) is 13.2. The minimum atomic E-state index is 0.208. The molecule has 2 rings (SSSR count). The Morgan fingerprint density at radius 1 is 1.33 bits per heavy atom. The van der Waals surface area contributed by atoms with Gasteiger partial charge in [-0.25, -0.2) is 0 Å². The van der Waals surface area contributed by atoms with E-state index in [1.54, 1.807) is 0 Å². The topological polar surface area (TPSA) is 9.23 Å². The predicted molar refractivity (Wildman–Crippen MR) is 102 cm³/mol. The summed E-state index contributed by atoms with van der Waals surface area (Å²) in [4.78, 5) is 0. The molecule has 1 aliphatic carbocycles. The smallest absolute Gasteiger partial charge is 0.0918 e. The Bertz CT molecular complexity index is 449. The summed E-state index contributed by atoms with van der Waals surface area (Å²) in [5.74, 6) is 2.21. The van der Waals surface area contributed by atoms with Crippen LogP contribution in [0.2, 0.25) is 0 Å². The molecule has 118 valence electrons. The average Bonchev–Trinajstić information content (AvgIpc) is 2.44. The molecule has 1 saturated carbocycles. The van der Waals surface area contributed by atoms with Crippen molar-refractivity contribution in [3.63, 3.8) is 0 Å². The van der Waals surface area contributed by atoms with Crippen molar-refractivity contribution in [3.05, 3.63) is 34.3 Å². The maximum absolute atomic E-state index is 6.60. The highest BCUT2D eigenvalue weighted by Gasteiger charge is 2.33. The van der Waals surface area contributed by atoms with E-state index in [0.29, 0.717) is 17.9 Å². The largest absolute Gasteiger partial charge is 0.369 e. The molecular weight excluding hydrogens is 439 g/mol. The number of rotatable bonds is 5. The quantitative estimate of drug-likeness (QED) is 0.361. The summed E-state index contributed by atoms with van der Waals surface area (Å²) < 4.78 is 8.74. The van der Waals surface area contributed by atoms with E-state index in [2.05, 4.69) is 83.6 Å². The highest BCUT2D eigenvalue weighted by Crippen LogP contribution is 2.38. The number of halogens is 2. The molecule has 21 heavy (non-hydrogen) atoms. The van der Waals surface area contributed by atoms with E-state index >= 15 is 0 Å². The molecule has 0 aromatic heterocycles. The van der Waals surface area contributed by atoms with Gasteiger partial charge in [0, 0.05) is 8.90 Å². The standard InChI is InChI=1S/C18H26BrIO/c1-12(2)16-8-7-13(3)9-17(16)21-18(11-20)14-5-4-6-15(19)10-14/h4-6,10,12-13,16-18H,7-9,11H2,1-3H3. The molecule has 0 N–H and O–H groups in total. The van der Waals surface area contributed by atoms with Gasteiger partial charge in [-0.1, -0.05) is 77.8 Å². The van der Waals surface area contributed by atoms with Crippen LogP contribution in [0.3, 0.4) is 0 Å². The summed E-state index contributed by atoms with van der Waals surface area (Å²) in [6.07, 6.45) is 4.50. The second-order valence-corrected chi connectivity index (χ2v) is 8.50. The van der Waals surface area contributed by atoms with Gasteiger partial charge in [0.15, 0.2) is 0 Å². The Morgan fingerprint density at radius 2 is 2.10 bits per heavy atom. The molecule has 4 unspecified atom stereocenters. The van der Waals surface area contributed by atoms with Crippen LogP contribution in [0.25, 0.3) is 0 Å². The molecule has 0 radical (unpaired) electrons. The number of hydrogen-bond acceptors (Lipinski definition) is 1. The minimum Gasteiger partial charge on any atom is -0.369 e. The van der Waals surface area contributed by atoms with Crippen LogP contribution >= 0.6 is 38.5 Å². The van der Waals surface area contributed by atoms with E-state index in [1.807, 2.05) is 0 Å². The van der Waals surface area contributed by atoms with Crippen molar-refractivity contribution in [1.82, 2.24) is 0 Å². The summed E-state index contributed by atoms with van der Waals surface area (Å²) in [5, 5.41) is 0. The van der Waals surface area contributed by atoms with Crippen molar-refractivity contribution in [2.45, 2.75) is 52.2 Å². The van der Waals surface area contributed by atoms with Crippen molar-refractivity contribution >= 4 is 38.5 Å². The van der Waals surface area contributed by atoms with Gasteiger partial charge in [-0.05, 0) is 48.3 Å². The molecule has 1 aromatic carbocycles. The van der Waals surface area contributed by atoms with Crippen LogP contribution in [0.15, 0.2) is 28.7 Å².